The Kier molecular flexibility index (Phi) is 6.54. The zero-order chi connectivity index (χ0) is 13.2. The zero-order valence-corrected chi connectivity index (χ0v) is 10.6. The van der Waals surface area contributed by atoms with Crippen LogP contribution in [0.5, 0.6) is 0 Å². The van der Waals surface area contributed by atoms with Crippen molar-refractivity contribution in [3.63, 3.8) is 0 Å². The van der Waals surface area contributed by atoms with E-state index in [2.05, 4.69) is 4.74 Å². The van der Waals surface area contributed by atoms with Crippen molar-refractivity contribution in [2.75, 3.05) is 13.2 Å². The van der Waals surface area contributed by atoms with E-state index in [-0.39, 0.29) is 5.97 Å². The van der Waals surface area contributed by atoms with E-state index >= 15 is 0 Å². The van der Waals surface area contributed by atoms with Gasteiger partial charge in [0.25, 0.3) is 6.47 Å². The Labute approximate surface area is 107 Å². The van der Waals surface area contributed by atoms with Crippen LogP contribution in [-0.2, 0) is 20.7 Å². The summed E-state index contributed by atoms with van der Waals surface area (Å²) in [5.41, 5.74) is 1.48. The van der Waals surface area contributed by atoms with E-state index in [1.54, 1.807) is 18.2 Å². The molecule has 0 N–H and O–H groups in total. The lowest BCUT2D eigenvalue weighted by Crippen LogP contribution is -2.07. The van der Waals surface area contributed by atoms with Gasteiger partial charge in [-0.15, -0.1) is 0 Å². The van der Waals surface area contributed by atoms with E-state index in [9.17, 15) is 9.59 Å². The second-order valence-corrected chi connectivity index (χ2v) is 3.91. The van der Waals surface area contributed by atoms with Gasteiger partial charge in [-0.05, 0) is 24.1 Å². The standard InChI is InChI=1S/C14H18O4/c1-2-3-8-18-14(16)13-6-4-5-12(10-13)7-9-17-11-15/h4-6,10-11H,2-3,7-9H2,1H3. The van der Waals surface area contributed by atoms with Gasteiger partial charge in [0, 0.05) is 6.42 Å². The molecule has 0 saturated carbocycles. The Bertz CT molecular complexity index is 387. The topological polar surface area (TPSA) is 52.6 Å². The number of esters is 1. The first-order valence-electron chi connectivity index (χ1n) is 6.09. The molecular weight excluding hydrogens is 232 g/mol. The highest BCUT2D eigenvalue weighted by Gasteiger charge is 2.07. The van der Waals surface area contributed by atoms with E-state index in [0.717, 1.165) is 18.4 Å². The van der Waals surface area contributed by atoms with Gasteiger partial charge in [-0.25, -0.2) is 4.79 Å². The smallest absolute Gasteiger partial charge is 0.338 e. The van der Waals surface area contributed by atoms with E-state index < -0.39 is 0 Å². The highest BCUT2D eigenvalue weighted by molar-refractivity contribution is 5.89. The highest BCUT2D eigenvalue weighted by atomic mass is 16.5. The van der Waals surface area contributed by atoms with Crippen molar-refractivity contribution in [1.82, 2.24) is 0 Å². The molecule has 0 aromatic heterocycles. The molecule has 0 bridgehead atoms. The summed E-state index contributed by atoms with van der Waals surface area (Å²) in [5.74, 6) is -0.304. The second kappa shape index (κ2) is 8.28. The molecule has 0 unspecified atom stereocenters. The number of carbonyl (C=O) groups excluding carboxylic acids is 2. The SMILES string of the molecule is CCCCOC(=O)c1cccc(CCOC=O)c1. The predicted octanol–water partition coefficient (Wildman–Crippen LogP) is 2.36. The van der Waals surface area contributed by atoms with Crippen LogP contribution in [0, 0.1) is 0 Å². The molecule has 0 aliphatic heterocycles. The van der Waals surface area contributed by atoms with Crippen LogP contribution < -0.4 is 0 Å². The second-order valence-electron chi connectivity index (χ2n) is 3.91. The summed E-state index contributed by atoms with van der Waals surface area (Å²) in [6.45, 7) is 3.23. The number of ether oxygens (including phenoxy) is 2. The molecule has 1 aromatic rings. The maximum absolute atomic E-state index is 11.7. The van der Waals surface area contributed by atoms with E-state index in [0.29, 0.717) is 31.7 Å². The molecule has 4 heteroatoms. The first kappa shape index (κ1) is 14.2. The Morgan fingerprint density at radius 1 is 1.33 bits per heavy atom. The average Bonchev–Trinajstić information content (AvgIpc) is 2.39. The summed E-state index contributed by atoms with van der Waals surface area (Å²) in [5, 5.41) is 0. The molecule has 0 fully saturated rings. The van der Waals surface area contributed by atoms with Gasteiger partial charge in [0.1, 0.15) is 0 Å². The van der Waals surface area contributed by atoms with Crippen molar-refractivity contribution < 1.29 is 19.1 Å². The molecule has 0 aliphatic rings. The molecule has 0 aliphatic carbocycles. The fourth-order valence-corrected chi connectivity index (χ4v) is 1.47. The third-order valence-corrected chi connectivity index (χ3v) is 2.47. The van der Waals surface area contributed by atoms with Gasteiger partial charge >= 0.3 is 5.97 Å². The molecule has 0 radical (unpaired) electrons. The third kappa shape index (κ3) is 4.99. The first-order valence-corrected chi connectivity index (χ1v) is 6.09. The van der Waals surface area contributed by atoms with Crippen LogP contribution in [0.15, 0.2) is 24.3 Å². The van der Waals surface area contributed by atoms with Crippen LogP contribution in [0.1, 0.15) is 35.7 Å². The lowest BCUT2D eigenvalue weighted by Gasteiger charge is -2.06. The van der Waals surface area contributed by atoms with E-state index in [1.807, 2.05) is 13.0 Å². The molecule has 1 rings (SSSR count). The predicted molar refractivity (Wildman–Crippen MR) is 67.4 cm³/mol. The monoisotopic (exact) mass is 250 g/mol. The van der Waals surface area contributed by atoms with Crippen molar-refractivity contribution in [3.8, 4) is 0 Å². The molecule has 0 spiro atoms. The van der Waals surface area contributed by atoms with Crippen LogP contribution >= 0.6 is 0 Å². The summed E-state index contributed by atoms with van der Waals surface area (Å²) in [7, 11) is 0. The van der Waals surface area contributed by atoms with Crippen LogP contribution in [0.25, 0.3) is 0 Å². The summed E-state index contributed by atoms with van der Waals surface area (Å²) >= 11 is 0. The molecule has 0 atom stereocenters. The van der Waals surface area contributed by atoms with E-state index in [1.165, 1.54) is 0 Å². The third-order valence-electron chi connectivity index (χ3n) is 2.47. The molecule has 0 amide bonds. The van der Waals surface area contributed by atoms with Gasteiger partial charge < -0.3 is 9.47 Å². The van der Waals surface area contributed by atoms with Crippen molar-refractivity contribution in [3.05, 3.63) is 35.4 Å². The lowest BCUT2D eigenvalue weighted by molar-refractivity contribution is -0.128. The van der Waals surface area contributed by atoms with Crippen molar-refractivity contribution in [2.45, 2.75) is 26.2 Å². The molecule has 4 nitrogen and oxygen atoms in total. The number of unbranched alkanes of at least 4 members (excludes halogenated alkanes) is 1. The molecule has 18 heavy (non-hydrogen) atoms. The number of benzene rings is 1. The minimum Gasteiger partial charge on any atom is -0.468 e. The van der Waals surface area contributed by atoms with Crippen molar-refractivity contribution >= 4 is 12.4 Å². The van der Waals surface area contributed by atoms with Gasteiger partial charge in [0.05, 0.1) is 18.8 Å². The minimum atomic E-state index is -0.304. The Balaban J connectivity index is 2.52. The van der Waals surface area contributed by atoms with Crippen LogP contribution in [0.3, 0.4) is 0 Å². The highest BCUT2D eigenvalue weighted by Crippen LogP contribution is 2.08. The van der Waals surface area contributed by atoms with Crippen LogP contribution in [0.4, 0.5) is 0 Å². The lowest BCUT2D eigenvalue weighted by atomic mass is 10.1. The Morgan fingerprint density at radius 2 is 2.17 bits per heavy atom. The number of carbonyl (C=O) groups is 2. The van der Waals surface area contributed by atoms with Crippen molar-refractivity contribution in [1.29, 1.82) is 0 Å². The average molecular weight is 250 g/mol. The van der Waals surface area contributed by atoms with Crippen molar-refractivity contribution in [2.24, 2.45) is 0 Å². The molecule has 98 valence electrons. The Morgan fingerprint density at radius 3 is 2.89 bits per heavy atom. The molecule has 1 aromatic carbocycles. The summed E-state index contributed by atoms with van der Waals surface area (Å²) in [6.07, 6.45) is 2.46. The zero-order valence-electron chi connectivity index (χ0n) is 10.6. The van der Waals surface area contributed by atoms with Gasteiger partial charge in [0.2, 0.25) is 0 Å². The fraction of sp³-hybridized carbons (Fsp3) is 0.429. The molecule has 0 saturated heterocycles. The maximum Gasteiger partial charge on any atom is 0.338 e. The van der Waals surface area contributed by atoms with Gasteiger partial charge in [-0.1, -0.05) is 25.5 Å². The van der Waals surface area contributed by atoms with Gasteiger partial charge in [0.15, 0.2) is 0 Å². The minimum absolute atomic E-state index is 0.304. The van der Waals surface area contributed by atoms with Crippen LogP contribution in [-0.4, -0.2) is 25.7 Å². The largest absolute Gasteiger partial charge is 0.468 e. The number of hydrogen-bond acceptors (Lipinski definition) is 4. The number of hydrogen-bond donors (Lipinski definition) is 0. The first-order chi connectivity index (χ1) is 8.77. The fourth-order valence-electron chi connectivity index (χ4n) is 1.47. The van der Waals surface area contributed by atoms with Gasteiger partial charge in [-0.2, -0.15) is 0 Å². The summed E-state index contributed by atoms with van der Waals surface area (Å²) in [4.78, 5) is 21.7. The Hall–Kier alpha value is -1.84. The van der Waals surface area contributed by atoms with E-state index in [4.69, 9.17) is 4.74 Å². The summed E-state index contributed by atoms with van der Waals surface area (Å²) < 4.78 is 9.74. The molecular formula is C14H18O4. The number of rotatable bonds is 8. The summed E-state index contributed by atoms with van der Waals surface area (Å²) in [6, 6.07) is 7.17. The molecule has 0 heterocycles. The van der Waals surface area contributed by atoms with Crippen LogP contribution in [0.2, 0.25) is 0 Å². The normalized spacial score (nSPS) is 9.83. The quantitative estimate of drug-likeness (QED) is 0.404. The van der Waals surface area contributed by atoms with Gasteiger partial charge in [-0.3, -0.25) is 4.79 Å². The maximum atomic E-state index is 11.7.